The fourth-order valence-corrected chi connectivity index (χ4v) is 1.91. The molecule has 2 aromatic carbocycles. The number of benzene rings is 2. The van der Waals surface area contributed by atoms with E-state index in [-0.39, 0.29) is 6.79 Å². The van der Waals surface area contributed by atoms with Crippen LogP contribution in [0.25, 0.3) is 0 Å². The second kappa shape index (κ2) is 4.61. The van der Waals surface area contributed by atoms with Gasteiger partial charge in [-0.25, -0.2) is 0 Å². The Labute approximate surface area is 110 Å². The lowest BCUT2D eigenvalue weighted by atomic mass is 10.2. The molecule has 0 atom stereocenters. The lowest BCUT2D eigenvalue weighted by molar-refractivity contribution is 0.174. The zero-order chi connectivity index (χ0) is 13.2. The molecule has 5 heteroatoms. The van der Waals surface area contributed by atoms with E-state index in [4.69, 9.17) is 19.9 Å². The summed E-state index contributed by atoms with van der Waals surface area (Å²) in [5.74, 6) is 2.22. The lowest BCUT2D eigenvalue weighted by Gasteiger charge is -2.11. The van der Waals surface area contributed by atoms with Crippen LogP contribution in [0.1, 0.15) is 0 Å². The maximum Gasteiger partial charge on any atom is 0.231 e. The zero-order valence-corrected chi connectivity index (χ0v) is 10.5. The van der Waals surface area contributed by atoms with Crippen LogP contribution in [0.3, 0.4) is 0 Å². The second-order valence-corrected chi connectivity index (χ2v) is 4.15. The maximum atomic E-state index is 5.96. The van der Waals surface area contributed by atoms with Crippen molar-refractivity contribution in [3.8, 4) is 17.2 Å². The summed E-state index contributed by atoms with van der Waals surface area (Å²) in [5, 5.41) is 3.24. The minimum atomic E-state index is 0.267. The van der Waals surface area contributed by atoms with E-state index in [0.29, 0.717) is 5.69 Å². The van der Waals surface area contributed by atoms with Gasteiger partial charge in [0.25, 0.3) is 0 Å². The highest BCUT2D eigenvalue weighted by Gasteiger charge is 2.13. The second-order valence-electron chi connectivity index (χ2n) is 4.15. The van der Waals surface area contributed by atoms with Gasteiger partial charge in [0, 0.05) is 17.8 Å². The van der Waals surface area contributed by atoms with Gasteiger partial charge in [-0.15, -0.1) is 0 Å². The fraction of sp³-hybridized carbons (Fsp3) is 0.143. The number of hydrogen-bond acceptors (Lipinski definition) is 5. The molecular formula is C14H14N2O3. The first-order valence-electron chi connectivity index (χ1n) is 5.86. The molecule has 98 valence electrons. The van der Waals surface area contributed by atoms with Crippen molar-refractivity contribution >= 4 is 17.1 Å². The SMILES string of the molecule is COc1ccc(Nc2ccc3c(c2)OCO3)c(N)c1. The molecule has 1 heterocycles. The van der Waals surface area contributed by atoms with Crippen molar-refractivity contribution in [1.29, 1.82) is 0 Å². The van der Waals surface area contributed by atoms with E-state index in [1.807, 2.05) is 30.3 Å². The number of methoxy groups -OCH3 is 1. The normalized spacial score (nSPS) is 12.3. The van der Waals surface area contributed by atoms with Crippen LogP contribution in [0, 0.1) is 0 Å². The van der Waals surface area contributed by atoms with Crippen molar-refractivity contribution in [3.63, 3.8) is 0 Å². The topological polar surface area (TPSA) is 65.7 Å². The lowest BCUT2D eigenvalue weighted by Crippen LogP contribution is -1.97. The van der Waals surface area contributed by atoms with Crippen molar-refractivity contribution in [2.24, 2.45) is 0 Å². The highest BCUT2D eigenvalue weighted by atomic mass is 16.7. The van der Waals surface area contributed by atoms with Crippen molar-refractivity contribution in [2.75, 3.05) is 25.0 Å². The van der Waals surface area contributed by atoms with E-state index in [2.05, 4.69) is 5.32 Å². The predicted octanol–water partition coefficient (Wildman–Crippen LogP) is 2.75. The Balaban J connectivity index is 1.85. The molecule has 0 saturated carbocycles. The van der Waals surface area contributed by atoms with Gasteiger partial charge >= 0.3 is 0 Å². The standard InChI is InChI=1S/C14H14N2O3/c1-17-10-3-4-12(11(15)7-10)16-9-2-5-13-14(6-9)19-8-18-13/h2-7,16H,8,15H2,1H3. The third-order valence-corrected chi connectivity index (χ3v) is 2.91. The van der Waals surface area contributed by atoms with E-state index in [9.17, 15) is 0 Å². The van der Waals surface area contributed by atoms with Crippen molar-refractivity contribution in [3.05, 3.63) is 36.4 Å². The molecule has 1 aliphatic rings. The zero-order valence-electron chi connectivity index (χ0n) is 10.5. The highest BCUT2D eigenvalue weighted by molar-refractivity contribution is 5.74. The Kier molecular flexibility index (Phi) is 2.79. The summed E-state index contributed by atoms with van der Waals surface area (Å²) in [4.78, 5) is 0. The third-order valence-electron chi connectivity index (χ3n) is 2.91. The molecule has 0 saturated heterocycles. The van der Waals surface area contributed by atoms with E-state index in [0.717, 1.165) is 28.6 Å². The quantitative estimate of drug-likeness (QED) is 0.829. The third kappa shape index (κ3) is 2.22. The van der Waals surface area contributed by atoms with Crippen LogP contribution in [0.15, 0.2) is 36.4 Å². The Morgan fingerprint density at radius 2 is 1.95 bits per heavy atom. The van der Waals surface area contributed by atoms with Crippen molar-refractivity contribution in [1.82, 2.24) is 0 Å². The molecule has 3 rings (SSSR count). The minimum absolute atomic E-state index is 0.267. The van der Waals surface area contributed by atoms with Gasteiger partial charge in [0.1, 0.15) is 5.75 Å². The Morgan fingerprint density at radius 1 is 1.11 bits per heavy atom. The molecule has 0 radical (unpaired) electrons. The van der Waals surface area contributed by atoms with Crippen LogP contribution in [-0.2, 0) is 0 Å². The number of nitrogens with one attached hydrogen (secondary N) is 1. The number of nitrogens with two attached hydrogens (primary N) is 1. The fourth-order valence-electron chi connectivity index (χ4n) is 1.91. The summed E-state index contributed by atoms with van der Waals surface area (Å²) in [5.41, 5.74) is 8.29. The van der Waals surface area contributed by atoms with E-state index >= 15 is 0 Å². The summed E-state index contributed by atoms with van der Waals surface area (Å²) in [6, 6.07) is 11.2. The number of ether oxygens (including phenoxy) is 3. The van der Waals surface area contributed by atoms with E-state index < -0.39 is 0 Å². The monoisotopic (exact) mass is 258 g/mol. The first kappa shape index (κ1) is 11.5. The number of nitrogen functional groups attached to an aromatic ring is 1. The number of fused-ring (bicyclic) bond motifs is 1. The Morgan fingerprint density at radius 3 is 2.74 bits per heavy atom. The molecule has 0 amide bonds. The molecule has 5 nitrogen and oxygen atoms in total. The van der Waals surface area contributed by atoms with Gasteiger partial charge in [-0.2, -0.15) is 0 Å². The molecule has 0 bridgehead atoms. The number of anilines is 3. The minimum Gasteiger partial charge on any atom is -0.497 e. The number of rotatable bonds is 3. The summed E-state index contributed by atoms with van der Waals surface area (Å²) in [6.45, 7) is 0.267. The van der Waals surface area contributed by atoms with Gasteiger partial charge in [0.05, 0.1) is 18.5 Å². The van der Waals surface area contributed by atoms with Crippen molar-refractivity contribution < 1.29 is 14.2 Å². The summed E-state index contributed by atoms with van der Waals surface area (Å²) in [6.07, 6.45) is 0. The first-order chi connectivity index (χ1) is 9.26. The van der Waals surface area contributed by atoms with Crippen LogP contribution < -0.4 is 25.3 Å². The van der Waals surface area contributed by atoms with Crippen molar-refractivity contribution in [2.45, 2.75) is 0 Å². The van der Waals surface area contributed by atoms with Gasteiger partial charge < -0.3 is 25.3 Å². The molecule has 0 unspecified atom stereocenters. The van der Waals surface area contributed by atoms with E-state index in [1.165, 1.54) is 0 Å². The molecule has 0 fully saturated rings. The summed E-state index contributed by atoms with van der Waals surface area (Å²) < 4.78 is 15.7. The van der Waals surface area contributed by atoms with Crippen LogP contribution in [0.2, 0.25) is 0 Å². The average molecular weight is 258 g/mol. The largest absolute Gasteiger partial charge is 0.497 e. The van der Waals surface area contributed by atoms with Gasteiger partial charge in [-0.05, 0) is 24.3 Å². The first-order valence-corrected chi connectivity index (χ1v) is 5.86. The van der Waals surface area contributed by atoms with Gasteiger partial charge in [0.2, 0.25) is 6.79 Å². The van der Waals surface area contributed by atoms with Crippen LogP contribution >= 0.6 is 0 Å². The van der Waals surface area contributed by atoms with Crippen LogP contribution in [0.5, 0.6) is 17.2 Å². The summed E-state index contributed by atoms with van der Waals surface area (Å²) >= 11 is 0. The van der Waals surface area contributed by atoms with Crippen LogP contribution in [0.4, 0.5) is 17.1 Å². The van der Waals surface area contributed by atoms with E-state index in [1.54, 1.807) is 13.2 Å². The molecule has 1 aliphatic heterocycles. The highest BCUT2D eigenvalue weighted by Crippen LogP contribution is 2.36. The van der Waals surface area contributed by atoms with Crippen LogP contribution in [-0.4, -0.2) is 13.9 Å². The predicted molar refractivity (Wildman–Crippen MR) is 73.3 cm³/mol. The van der Waals surface area contributed by atoms with Gasteiger partial charge in [-0.3, -0.25) is 0 Å². The molecule has 0 spiro atoms. The maximum absolute atomic E-state index is 5.96. The molecular weight excluding hydrogens is 244 g/mol. The Hall–Kier alpha value is -2.56. The smallest absolute Gasteiger partial charge is 0.231 e. The average Bonchev–Trinajstić information content (AvgIpc) is 2.88. The molecule has 0 aromatic heterocycles. The molecule has 0 aliphatic carbocycles. The molecule has 3 N–H and O–H groups in total. The molecule has 2 aromatic rings. The van der Waals surface area contributed by atoms with Gasteiger partial charge in [0.15, 0.2) is 11.5 Å². The number of hydrogen-bond donors (Lipinski definition) is 2. The Bertz CT molecular complexity index is 614. The van der Waals surface area contributed by atoms with Gasteiger partial charge in [-0.1, -0.05) is 0 Å². The summed E-state index contributed by atoms with van der Waals surface area (Å²) in [7, 11) is 1.61. The molecule has 19 heavy (non-hydrogen) atoms.